The van der Waals surface area contributed by atoms with Crippen molar-refractivity contribution in [1.82, 2.24) is 20.1 Å². The standard InChI is InChI=1S/C23H35N5.HI/c1-24-23(28-15-11-19(18-28)17-27-13-5-2-6-14-27)25-12-7-8-20-16-26-22-10-4-3-9-21(20)22;/h3-4,9-10,16,19,26H,2,5-8,11-15,17-18H2,1H3,(H,24,25);1H. The highest BCUT2D eigenvalue weighted by Crippen LogP contribution is 2.20. The van der Waals surface area contributed by atoms with Gasteiger partial charge in [-0.05, 0) is 62.7 Å². The highest BCUT2D eigenvalue weighted by Gasteiger charge is 2.26. The van der Waals surface area contributed by atoms with Gasteiger partial charge in [0.05, 0.1) is 0 Å². The zero-order valence-corrected chi connectivity index (χ0v) is 20.0. The SMILES string of the molecule is CN=C(NCCCc1c[nH]c2ccccc12)N1CCC(CN2CCCCC2)C1.I. The van der Waals surface area contributed by atoms with Crippen LogP contribution in [0.2, 0.25) is 0 Å². The van der Waals surface area contributed by atoms with E-state index in [0.29, 0.717) is 0 Å². The number of nitrogens with one attached hydrogen (secondary N) is 2. The minimum absolute atomic E-state index is 0. The summed E-state index contributed by atoms with van der Waals surface area (Å²) in [6.45, 7) is 7.14. The number of piperidine rings is 1. The molecule has 29 heavy (non-hydrogen) atoms. The van der Waals surface area contributed by atoms with Gasteiger partial charge in [-0.3, -0.25) is 4.99 Å². The molecule has 1 unspecified atom stereocenters. The van der Waals surface area contributed by atoms with Crippen molar-refractivity contribution < 1.29 is 0 Å². The lowest BCUT2D eigenvalue weighted by Gasteiger charge is -2.29. The van der Waals surface area contributed by atoms with Gasteiger partial charge in [-0.25, -0.2) is 0 Å². The topological polar surface area (TPSA) is 46.7 Å². The van der Waals surface area contributed by atoms with Gasteiger partial charge < -0.3 is 20.1 Å². The number of guanidine groups is 1. The molecule has 2 N–H and O–H groups in total. The van der Waals surface area contributed by atoms with Gasteiger partial charge in [0.2, 0.25) is 0 Å². The minimum Gasteiger partial charge on any atom is -0.361 e. The molecule has 160 valence electrons. The summed E-state index contributed by atoms with van der Waals surface area (Å²) in [5.74, 6) is 1.88. The molecule has 2 aliphatic rings. The Kier molecular flexibility index (Phi) is 8.66. The van der Waals surface area contributed by atoms with E-state index < -0.39 is 0 Å². The van der Waals surface area contributed by atoms with Crippen LogP contribution in [-0.2, 0) is 6.42 Å². The number of aromatic amines is 1. The number of halogens is 1. The Morgan fingerprint density at radius 3 is 2.83 bits per heavy atom. The number of H-pyrrole nitrogens is 1. The van der Waals surface area contributed by atoms with E-state index in [2.05, 4.69) is 55.6 Å². The van der Waals surface area contributed by atoms with Crippen molar-refractivity contribution in [3.63, 3.8) is 0 Å². The van der Waals surface area contributed by atoms with E-state index in [0.717, 1.165) is 44.4 Å². The van der Waals surface area contributed by atoms with E-state index in [9.17, 15) is 0 Å². The predicted molar refractivity (Wildman–Crippen MR) is 133 cm³/mol. The molecule has 4 rings (SSSR count). The summed E-state index contributed by atoms with van der Waals surface area (Å²) in [5, 5.41) is 4.95. The summed E-state index contributed by atoms with van der Waals surface area (Å²) in [5.41, 5.74) is 2.65. The monoisotopic (exact) mass is 509 g/mol. The molecule has 5 nitrogen and oxygen atoms in total. The van der Waals surface area contributed by atoms with Gasteiger partial charge in [0.15, 0.2) is 5.96 Å². The summed E-state index contributed by atoms with van der Waals surface area (Å²) in [6.07, 6.45) is 9.85. The first-order chi connectivity index (χ1) is 13.8. The van der Waals surface area contributed by atoms with Crippen molar-refractivity contribution in [3.8, 4) is 0 Å². The largest absolute Gasteiger partial charge is 0.361 e. The maximum absolute atomic E-state index is 4.55. The van der Waals surface area contributed by atoms with E-state index in [1.54, 1.807) is 0 Å². The molecule has 1 aromatic carbocycles. The molecule has 2 fully saturated rings. The van der Waals surface area contributed by atoms with Crippen molar-refractivity contribution >= 4 is 40.8 Å². The third kappa shape index (κ3) is 5.87. The Morgan fingerprint density at radius 2 is 2.00 bits per heavy atom. The maximum Gasteiger partial charge on any atom is 0.193 e. The highest BCUT2D eigenvalue weighted by atomic mass is 127. The summed E-state index contributed by atoms with van der Waals surface area (Å²) in [4.78, 5) is 13.1. The highest BCUT2D eigenvalue weighted by molar-refractivity contribution is 14.0. The van der Waals surface area contributed by atoms with Gasteiger partial charge in [0.1, 0.15) is 0 Å². The number of aliphatic imine (C=N–C) groups is 1. The van der Waals surface area contributed by atoms with E-state index in [1.807, 2.05) is 7.05 Å². The zero-order valence-electron chi connectivity index (χ0n) is 17.7. The second-order valence-electron chi connectivity index (χ2n) is 8.40. The van der Waals surface area contributed by atoms with Crippen LogP contribution < -0.4 is 5.32 Å². The molecule has 1 aromatic heterocycles. The Labute approximate surface area is 192 Å². The van der Waals surface area contributed by atoms with Crippen molar-refractivity contribution in [2.45, 2.75) is 38.5 Å². The summed E-state index contributed by atoms with van der Waals surface area (Å²) in [7, 11) is 1.92. The number of aromatic nitrogens is 1. The number of hydrogen-bond acceptors (Lipinski definition) is 2. The summed E-state index contributed by atoms with van der Waals surface area (Å²) >= 11 is 0. The average molecular weight is 509 g/mol. The Hall–Kier alpha value is -1.28. The van der Waals surface area contributed by atoms with E-state index in [1.165, 1.54) is 61.8 Å². The molecule has 0 bridgehead atoms. The fraction of sp³-hybridized carbons (Fsp3) is 0.609. The first-order valence-electron chi connectivity index (χ1n) is 11.1. The molecule has 1 atom stereocenters. The lowest BCUT2D eigenvalue weighted by Crippen LogP contribution is -2.41. The van der Waals surface area contributed by atoms with Gasteiger partial charge in [0.25, 0.3) is 0 Å². The van der Waals surface area contributed by atoms with Crippen LogP contribution in [0.15, 0.2) is 35.5 Å². The number of likely N-dealkylation sites (tertiary alicyclic amines) is 2. The van der Waals surface area contributed by atoms with Crippen molar-refractivity contribution in [2.75, 3.05) is 46.3 Å². The van der Waals surface area contributed by atoms with Crippen LogP contribution in [0.25, 0.3) is 10.9 Å². The molecular formula is C23H36IN5. The number of aryl methyl sites for hydroxylation is 1. The van der Waals surface area contributed by atoms with Gasteiger partial charge in [0, 0.05) is 50.3 Å². The van der Waals surface area contributed by atoms with E-state index >= 15 is 0 Å². The van der Waals surface area contributed by atoms with Crippen LogP contribution in [0.3, 0.4) is 0 Å². The third-order valence-electron chi connectivity index (χ3n) is 6.34. The fourth-order valence-electron chi connectivity index (χ4n) is 4.83. The van der Waals surface area contributed by atoms with Gasteiger partial charge in [-0.2, -0.15) is 0 Å². The zero-order chi connectivity index (χ0) is 19.2. The van der Waals surface area contributed by atoms with E-state index in [-0.39, 0.29) is 24.0 Å². The van der Waals surface area contributed by atoms with Crippen LogP contribution in [0.4, 0.5) is 0 Å². The molecule has 0 radical (unpaired) electrons. The van der Waals surface area contributed by atoms with Crippen LogP contribution in [0.5, 0.6) is 0 Å². The summed E-state index contributed by atoms with van der Waals surface area (Å²) < 4.78 is 0. The Bertz CT molecular complexity index is 780. The van der Waals surface area contributed by atoms with Gasteiger partial charge >= 0.3 is 0 Å². The van der Waals surface area contributed by atoms with E-state index in [4.69, 9.17) is 0 Å². The molecule has 2 aliphatic heterocycles. The van der Waals surface area contributed by atoms with Crippen LogP contribution in [-0.4, -0.2) is 67.1 Å². The third-order valence-corrected chi connectivity index (χ3v) is 6.34. The average Bonchev–Trinajstić information content (AvgIpc) is 3.36. The molecule has 6 heteroatoms. The van der Waals surface area contributed by atoms with Crippen molar-refractivity contribution in [2.24, 2.45) is 10.9 Å². The van der Waals surface area contributed by atoms with Gasteiger partial charge in [-0.1, -0.05) is 24.6 Å². The quantitative estimate of drug-likeness (QED) is 0.267. The molecule has 2 saturated heterocycles. The molecule has 0 saturated carbocycles. The number of fused-ring (bicyclic) bond motifs is 1. The Balaban J connectivity index is 0.00000240. The number of para-hydroxylation sites is 1. The minimum atomic E-state index is 0. The van der Waals surface area contributed by atoms with Crippen LogP contribution in [0.1, 0.15) is 37.7 Å². The van der Waals surface area contributed by atoms with Crippen LogP contribution in [0, 0.1) is 5.92 Å². The first kappa shape index (κ1) is 22.4. The van der Waals surface area contributed by atoms with Crippen LogP contribution >= 0.6 is 24.0 Å². The lowest BCUT2D eigenvalue weighted by atomic mass is 10.1. The molecule has 3 heterocycles. The number of benzene rings is 1. The second kappa shape index (κ2) is 11.2. The molecular weight excluding hydrogens is 473 g/mol. The van der Waals surface area contributed by atoms with Crippen molar-refractivity contribution in [1.29, 1.82) is 0 Å². The number of nitrogens with zero attached hydrogens (tertiary/aromatic N) is 3. The molecule has 0 spiro atoms. The second-order valence-corrected chi connectivity index (χ2v) is 8.40. The maximum atomic E-state index is 4.55. The molecule has 2 aromatic rings. The lowest BCUT2D eigenvalue weighted by molar-refractivity contribution is 0.198. The Morgan fingerprint density at radius 1 is 1.17 bits per heavy atom. The summed E-state index contributed by atoms with van der Waals surface area (Å²) in [6, 6.07) is 8.56. The van der Waals surface area contributed by atoms with Gasteiger partial charge in [-0.15, -0.1) is 24.0 Å². The smallest absolute Gasteiger partial charge is 0.193 e. The molecule has 0 amide bonds. The predicted octanol–water partition coefficient (Wildman–Crippen LogP) is 4.10. The number of hydrogen-bond donors (Lipinski definition) is 2. The number of rotatable bonds is 6. The normalized spacial score (nSPS) is 20.8. The molecule has 0 aliphatic carbocycles. The first-order valence-corrected chi connectivity index (χ1v) is 11.1. The van der Waals surface area contributed by atoms with Crippen molar-refractivity contribution in [3.05, 3.63) is 36.0 Å². The fourth-order valence-corrected chi connectivity index (χ4v) is 4.83.